The fourth-order valence-corrected chi connectivity index (χ4v) is 2.36. The summed E-state index contributed by atoms with van der Waals surface area (Å²) >= 11 is 7.46. The van der Waals surface area contributed by atoms with Gasteiger partial charge in [-0.05, 0) is 24.3 Å². The lowest BCUT2D eigenvalue weighted by atomic mass is 10.3. The van der Waals surface area contributed by atoms with E-state index in [1.807, 2.05) is 30.3 Å². The topological polar surface area (TPSA) is 20.2 Å². The average Bonchev–Trinajstić information content (AvgIpc) is 2.25. The lowest BCUT2D eigenvalue weighted by molar-refractivity contribution is 0.462. The van der Waals surface area contributed by atoms with Crippen molar-refractivity contribution in [3.05, 3.63) is 53.6 Å². The number of benzene rings is 2. The summed E-state index contributed by atoms with van der Waals surface area (Å²) in [5, 5.41) is 10.2. The molecule has 0 spiro atoms. The minimum Gasteiger partial charge on any atom is -0.507 e. The van der Waals surface area contributed by atoms with Crippen molar-refractivity contribution in [3.63, 3.8) is 0 Å². The van der Waals surface area contributed by atoms with E-state index in [-0.39, 0.29) is 5.75 Å². The molecule has 2 rings (SSSR count). The van der Waals surface area contributed by atoms with E-state index in [9.17, 15) is 5.11 Å². The first-order valence-corrected chi connectivity index (χ1v) is 5.67. The molecule has 2 aromatic rings. The van der Waals surface area contributed by atoms with Crippen LogP contribution in [-0.4, -0.2) is 5.11 Å². The predicted molar refractivity (Wildman–Crippen MR) is 63.7 cm³/mol. The lowest BCUT2D eigenvalue weighted by Gasteiger charge is -2.05. The van der Waals surface area contributed by atoms with Gasteiger partial charge < -0.3 is 5.11 Å². The van der Waals surface area contributed by atoms with E-state index < -0.39 is 0 Å². The summed E-state index contributed by atoms with van der Waals surface area (Å²) in [6, 6.07) is 15.0. The first-order chi connectivity index (χ1) is 7.27. The lowest BCUT2D eigenvalue weighted by Crippen LogP contribution is -1.76. The monoisotopic (exact) mass is 236 g/mol. The number of hydrogen-bond donors (Lipinski definition) is 1. The number of phenols is 1. The van der Waals surface area contributed by atoms with E-state index >= 15 is 0 Å². The summed E-state index contributed by atoms with van der Waals surface area (Å²) in [6.07, 6.45) is 0. The van der Waals surface area contributed by atoms with Crippen LogP contribution in [0.2, 0.25) is 5.02 Å². The molecule has 0 aliphatic carbocycles. The van der Waals surface area contributed by atoms with Gasteiger partial charge in [-0.2, -0.15) is 0 Å². The van der Waals surface area contributed by atoms with Gasteiger partial charge in [-0.25, -0.2) is 0 Å². The Morgan fingerprint density at radius 2 is 1.67 bits per heavy atom. The third-order valence-electron chi connectivity index (χ3n) is 1.91. The van der Waals surface area contributed by atoms with Crippen LogP contribution in [0.5, 0.6) is 5.75 Å². The van der Waals surface area contributed by atoms with Crippen LogP contribution in [0, 0.1) is 0 Å². The van der Waals surface area contributed by atoms with Crippen LogP contribution in [0.25, 0.3) is 0 Å². The number of halogens is 1. The summed E-state index contributed by atoms with van der Waals surface area (Å²) in [7, 11) is 0. The van der Waals surface area contributed by atoms with Crippen molar-refractivity contribution in [1.29, 1.82) is 0 Å². The number of aromatic hydroxyl groups is 1. The second-order valence-corrected chi connectivity index (χ2v) is 4.49. The van der Waals surface area contributed by atoms with Gasteiger partial charge in [-0.3, -0.25) is 0 Å². The van der Waals surface area contributed by atoms with Crippen LogP contribution in [0.15, 0.2) is 58.3 Å². The zero-order valence-electron chi connectivity index (χ0n) is 7.85. The molecule has 0 heterocycles. The third kappa shape index (κ3) is 2.46. The van der Waals surface area contributed by atoms with Gasteiger partial charge in [0.25, 0.3) is 0 Å². The fraction of sp³-hybridized carbons (Fsp3) is 0. The molecule has 0 saturated carbocycles. The second-order valence-electron chi connectivity index (χ2n) is 3.00. The summed E-state index contributed by atoms with van der Waals surface area (Å²) in [6.45, 7) is 0. The highest BCUT2D eigenvalue weighted by Gasteiger charge is 2.07. The molecule has 76 valence electrons. The van der Waals surface area contributed by atoms with Gasteiger partial charge in [-0.15, -0.1) is 0 Å². The number of rotatable bonds is 2. The van der Waals surface area contributed by atoms with Crippen molar-refractivity contribution in [2.75, 3.05) is 0 Å². The molecule has 1 nitrogen and oxygen atoms in total. The Labute approximate surface area is 97.7 Å². The van der Waals surface area contributed by atoms with Gasteiger partial charge in [0.05, 0.1) is 9.92 Å². The Morgan fingerprint density at radius 3 is 2.33 bits per heavy atom. The molecule has 0 radical (unpaired) electrons. The highest BCUT2D eigenvalue weighted by Crippen LogP contribution is 2.39. The maximum absolute atomic E-state index is 9.65. The Kier molecular flexibility index (Phi) is 3.19. The quantitative estimate of drug-likeness (QED) is 0.844. The van der Waals surface area contributed by atoms with Crippen molar-refractivity contribution >= 4 is 23.4 Å². The maximum atomic E-state index is 9.65. The van der Waals surface area contributed by atoms with E-state index in [0.29, 0.717) is 9.92 Å². The van der Waals surface area contributed by atoms with Crippen LogP contribution in [0.1, 0.15) is 0 Å². The molecular weight excluding hydrogens is 228 g/mol. The van der Waals surface area contributed by atoms with E-state index in [4.69, 9.17) is 11.6 Å². The highest BCUT2D eigenvalue weighted by molar-refractivity contribution is 7.99. The zero-order valence-corrected chi connectivity index (χ0v) is 9.42. The van der Waals surface area contributed by atoms with E-state index in [2.05, 4.69) is 0 Å². The van der Waals surface area contributed by atoms with Gasteiger partial charge in [0.15, 0.2) is 0 Å². The molecule has 0 unspecified atom stereocenters. The van der Waals surface area contributed by atoms with E-state index in [0.717, 1.165) is 4.90 Å². The second kappa shape index (κ2) is 4.60. The smallest absolute Gasteiger partial charge is 0.131 e. The van der Waals surface area contributed by atoms with Crippen LogP contribution < -0.4 is 0 Å². The first-order valence-electron chi connectivity index (χ1n) is 4.48. The first kappa shape index (κ1) is 10.4. The number of phenolic OH excluding ortho intramolecular Hbond substituents is 1. The van der Waals surface area contributed by atoms with Gasteiger partial charge >= 0.3 is 0 Å². The van der Waals surface area contributed by atoms with Gasteiger partial charge in [0, 0.05) is 4.90 Å². The molecule has 3 heteroatoms. The van der Waals surface area contributed by atoms with E-state index in [1.165, 1.54) is 11.8 Å². The van der Waals surface area contributed by atoms with E-state index in [1.54, 1.807) is 18.2 Å². The minimum atomic E-state index is 0.219. The van der Waals surface area contributed by atoms with Crippen LogP contribution in [0.3, 0.4) is 0 Å². The summed E-state index contributed by atoms with van der Waals surface area (Å²) < 4.78 is 0. The van der Waals surface area contributed by atoms with Crippen molar-refractivity contribution in [2.45, 2.75) is 9.79 Å². The summed E-state index contributed by atoms with van der Waals surface area (Å²) in [4.78, 5) is 1.76. The van der Waals surface area contributed by atoms with Crippen molar-refractivity contribution < 1.29 is 5.11 Å². The summed E-state index contributed by atoms with van der Waals surface area (Å²) in [5.74, 6) is 0.219. The molecule has 2 aromatic carbocycles. The fourth-order valence-electron chi connectivity index (χ4n) is 1.20. The van der Waals surface area contributed by atoms with Gasteiger partial charge in [-0.1, -0.05) is 47.6 Å². The molecule has 0 aromatic heterocycles. The molecule has 0 aliphatic heterocycles. The SMILES string of the molecule is Oc1cccc(Cl)c1Sc1ccccc1. The van der Waals surface area contributed by atoms with Crippen LogP contribution in [0.4, 0.5) is 0 Å². The van der Waals surface area contributed by atoms with Crippen molar-refractivity contribution in [1.82, 2.24) is 0 Å². The van der Waals surface area contributed by atoms with Crippen LogP contribution in [-0.2, 0) is 0 Å². The zero-order chi connectivity index (χ0) is 10.7. The Hall–Kier alpha value is -1.12. The molecule has 0 fully saturated rings. The standard InChI is InChI=1S/C12H9ClOS/c13-10-7-4-8-11(14)12(10)15-9-5-2-1-3-6-9/h1-8,14H. The number of hydrogen-bond acceptors (Lipinski definition) is 2. The average molecular weight is 237 g/mol. The third-order valence-corrected chi connectivity index (χ3v) is 3.48. The minimum absolute atomic E-state index is 0.219. The molecular formula is C12H9ClOS. The molecule has 0 amide bonds. The molecule has 1 N–H and O–H groups in total. The summed E-state index contributed by atoms with van der Waals surface area (Å²) in [5.41, 5.74) is 0. The molecule has 0 aliphatic rings. The van der Waals surface area contributed by atoms with Crippen LogP contribution >= 0.6 is 23.4 Å². The van der Waals surface area contributed by atoms with Crippen molar-refractivity contribution in [2.24, 2.45) is 0 Å². The van der Waals surface area contributed by atoms with Gasteiger partial charge in [0.1, 0.15) is 5.75 Å². The maximum Gasteiger partial charge on any atom is 0.131 e. The predicted octanol–water partition coefficient (Wildman–Crippen LogP) is 4.20. The molecule has 0 saturated heterocycles. The highest BCUT2D eigenvalue weighted by atomic mass is 35.5. The molecule has 0 bridgehead atoms. The Bertz CT molecular complexity index is 436. The molecule has 0 atom stereocenters. The normalized spacial score (nSPS) is 10.2. The Morgan fingerprint density at radius 1 is 0.933 bits per heavy atom. The molecule has 15 heavy (non-hydrogen) atoms. The van der Waals surface area contributed by atoms with Gasteiger partial charge in [0.2, 0.25) is 0 Å². The Balaban J connectivity index is 2.32. The largest absolute Gasteiger partial charge is 0.507 e. The van der Waals surface area contributed by atoms with Crippen molar-refractivity contribution in [3.8, 4) is 5.75 Å².